The van der Waals surface area contributed by atoms with Gasteiger partial charge in [-0.3, -0.25) is 10.2 Å². The van der Waals surface area contributed by atoms with Crippen LogP contribution in [0.1, 0.15) is 25.3 Å². The van der Waals surface area contributed by atoms with Gasteiger partial charge in [0.2, 0.25) is 0 Å². The standard InChI is InChI=1S/C25H26F2N6O3/c1-25(26,27)17-5-2-4-16(12-17)22-29-14-20-23(31-22)33(18-7-9-32(20)15-18)24(35)30-21-13-19(6-8-28-21)36-11-3-10-34/h2,4-6,8,12-14,18,34H,3,7,9-11,15H2,1H3,(H,28,30,35). The van der Waals surface area contributed by atoms with Gasteiger partial charge in [-0.1, -0.05) is 18.2 Å². The first-order valence-electron chi connectivity index (χ1n) is 11.7. The zero-order valence-corrected chi connectivity index (χ0v) is 19.7. The SMILES string of the molecule is CC(F)(F)c1cccc(-c2ncc3c(n2)N(C(=O)Nc2cc(OCCCO)ccn2)C2CCN3C2)c1. The Morgan fingerprint density at radius 2 is 2.14 bits per heavy atom. The number of amides is 2. The van der Waals surface area contributed by atoms with Crippen LogP contribution in [0.4, 0.5) is 30.9 Å². The molecule has 0 spiro atoms. The second-order valence-corrected chi connectivity index (χ2v) is 8.86. The zero-order chi connectivity index (χ0) is 25.3. The molecule has 1 aromatic carbocycles. The Labute approximate surface area is 206 Å². The van der Waals surface area contributed by atoms with E-state index < -0.39 is 12.0 Å². The van der Waals surface area contributed by atoms with Gasteiger partial charge < -0.3 is 14.7 Å². The number of aliphatic hydroxyl groups is 1. The summed E-state index contributed by atoms with van der Waals surface area (Å²) in [6, 6.07) is 8.74. The lowest BCUT2D eigenvalue weighted by Crippen LogP contribution is -2.48. The maximum atomic E-state index is 13.9. The summed E-state index contributed by atoms with van der Waals surface area (Å²) in [5.41, 5.74) is 1.03. The molecule has 2 aromatic heterocycles. The number of nitrogens with zero attached hydrogens (tertiary/aromatic N) is 5. The highest BCUT2D eigenvalue weighted by Crippen LogP contribution is 2.40. The molecule has 36 heavy (non-hydrogen) atoms. The van der Waals surface area contributed by atoms with E-state index in [1.807, 2.05) is 0 Å². The van der Waals surface area contributed by atoms with E-state index in [-0.39, 0.29) is 24.0 Å². The first-order chi connectivity index (χ1) is 17.3. The number of fused-ring (bicyclic) bond motifs is 4. The number of hydrogen-bond acceptors (Lipinski definition) is 7. The third kappa shape index (κ3) is 4.78. The molecule has 1 fully saturated rings. The van der Waals surface area contributed by atoms with Crippen molar-refractivity contribution in [2.75, 3.05) is 41.4 Å². The topological polar surface area (TPSA) is 104 Å². The van der Waals surface area contributed by atoms with E-state index in [4.69, 9.17) is 9.84 Å². The summed E-state index contributed by atoms with van der Waals surface area (Å²) in [4.78, 5) is 30.5. The second kappa shape index (κ2) is 9.65. The Morgan fingerprint density at radius 1 is 1.28 bits per heavy atom. The molecule has 2 amide bonds. The summed E-state index contributed by atoms with van der Waals surface area (Å²) >= 11 is 0. The van der Waals surface area contributed by atoms with Crippen molar-refractivity contribution in [3.63, 3.8) is 0 Å². The lowest BCUT2D eigenvalue weighted by Gasteiger charge is -2.35. The van der Waals surface area contributed by atoms with Gasteiger partial charge in [0.15, 0.2) is 11.6 Å². The van der Waals surface area contributed by atoms with Gasteiger partial charge in [0.1, 0.15) is 11.6 Å². The number of hydrogen-bond donors (Lipinski definition) is 2. The Hall–Kier alpha value is -3.86. The number of aromatic nitrogens is 3. The minimum atomic E-state index is -3.00. The molecule has 0 saturated carbocycles. The van der Waals surface area contributed by atoms with Crippen LogP contribution in [0.3, 0.4) is 0 Å². The van der Waals surface area contributed by atoms with E-state index in [1.165, 1.54) is 18.3 Å². The summed E-state index contributed by atoms with van der Waals surface area (Å²) < 4.78 is 33.4. The Morgan fingerprint density at radius 3 is 2.94 bits per heavy atom. The van der Waals surface area contributed by atoms with E-state index in [0.717, 1.165) is 19.9 Å². The largest absolute Gasteiger partial charge is 0.493 e. The zero-order valence-electron chi connectivity index (χ0n) is 19.7. The van der Waals surface area contributed by atoms with Crippen LogP contribution in [0.2, 0.25) is 0 Å². The van der Waals surface area contributed by atoms with Crippen LogP contribution < -0.4 is 19.9 Å². The number of rotatable bonds is 7. The number of nitrogens with one attached hydrogen (secondary N) is 1. The van der Waals surface area contributed by atoms with Gasteiger partial charge >= 0.3 is 6.03 Å². The molecule has 11 heteroatoms. The lowest BCUT2D eigenvalue weighted by molar-refractivity contribution is 0.0175. The summed E-state index contributed by atoms with van der Waals surface area (Å²) in [5, 5.41) is 11.8. The molecule has 188 valence electrons. The Balaban J connectivity index is 1.44. The average Bonchev–Trinajstić information content (AvgIpc) is 3.28. The van der Waals surface area contributed by atoms with Gasteiger partial charge in [0, 0.05) is 56.4 Å². The van der Waals surface area contributed by atoms with Gasteiger partial charge in [0.25, 0.3) is 5.92 Å². The summed E-state index contributed by atoms with van der Waals surface area (Å²) in [6.07, 6.45) is 4.42. The van der Waals surface area contributed by atoms with Crippen LogP contribution in [0.25, 0.3) is 11.4 Å². The van der Waals surface area contributed by atoms with Gasteiger partial charge in [-0.2, -0.15) is 0 Å². The number of benzene rings is 1. The highest BCUT2D eigenvalue weighted by molar-refractivity contribution is 6.04. The van der Waals surface area contributed by atoms with Crippen molar-refractivity contribution in [2.45, 2.75) is 31.7 Å². The molecule has 3 aromatic rings. The minimum Gasteiger partial charge on any atom is -0.493 e. The van der Waals surface area contributed by atoms with Crippen molar-refractivity contribution >= 4 is 23.4 Å². The molecular weight excluding hydrogens is 470 g/mol. The number of aliphatic hydroxyl groups excluding tert-OH is 1. The fourth-order valence-electron chi connectivity index (χ4n) is 4.44. The smallest absolute Gasteiger partial charge is 0.329 e. The van der Waals surface area contributed by atoms with Gasteiger partial charge in [-0.05, 0) is 18.6 Å². The molecule has 1 saturated heterocycles. The van der Waals surface area contributed by atoms with Crippen LogP contribution in [0.15, 0.2) is 48.8 Å². The number of anilines is 3. The van der Waals surface area contributed by atoms with E-state index in [9.17, 15) is 13.6 Å². The minimum absolute atomic E-state index is 0.0243. The first-order valence-corrected chi connectivity index (χ1v) is 11.7. The fraction of sp³-hybridized carbons (Fsp3) is 0.360. The average molecular weight is 497 g/mol. The van der Waals surface area contributed by atoms with Crippen LogP contribution in [0.5, 0.6) is 5.75 Å². The number of urea groups is 1. The van der Waals surface area contributed by atoms with Crippen LogP contribution in [-0.2, 0) is 5.92 Å². The number of carbonyl (C=O) groups is 1. The van der Waals surface area contributed by atoms with E-state index in [1.54, 1.807) is 35.4 Å². The summed E-state index contributed by atoms with van der Waals surface area (Å²) in [5.74, 6) is -1.47. The van der Waals surface area contributed by atoms with Gasteiger partial charge in [-0.25, -0.2) is 28.5 Å². The van der Waals surface area contributed by atoms with Gasteiger partial charge in [0.05, 0.1) is 24.5 Å². The van der Waals surface area contributed by atoms with Crippen LogP contribution in [-0.4, -0.2) is 58.4 Å². The number of carbonyl (C=O) groups excluding carboxylic acids is 1. The molecule has 1 atom stereocenters. The van der Waals surface area contributed by atoms with Gasteiger partial charge in [-0.15, -0.1) is 0 Å². The fourth-order valence-corrected chi connectivity index (χ4v) is 4.44. The quantitative estimate of drug-likeness (QED) is 0.476. The molecule has 4 heterocycles. The van der Waals surface area contributed by atoms with Crippen LogP contribution in [0, 0.1) is 0 Å². The van der Waals surface area contributed by atoms with Crippen molar-refractivity contribution in [1.82, 2.24) is 15.0 Å². The van der Waals surface area contributed by atoms with Crippen molar-refractivity contribution in [2.24, 2.45) is 0 Å². The normalized spacial score (nSPS) is 16.6. The number of halogens is 2. The second-order valence-electron chi connectivity index (χ2n) is 8.86. The third-order valence-electron chi connectivity index (χ3n) is 6.23. The monoisotopic (exact) mass is 496 g/mol. The van der Waals surface area contributed by atoms with E-state index in [0.29, 0.717) is 48.2 Å². The summed E-state index contributed by atoms with van der Waals surface area (Å²) in [7, 11) is 0. The molecule has 0 radical (unpaired) electrons. The summed E-state index contributed by atoms with van der Waals surface area (Å²) in [6.45, 7) is 2.62. The highest BCUT2D eigenvalue weighted by Gasteiger charge is 2.41. The lowest BCUT2D eigenvalue weighted by atomic mass is 10.1. The van der Waals surface area contributed by atoms with Crippen molar-refractivity contribution < 1.29 is 23.4 Å². The van der Waals surface area contributed by atoms with Crippen molar-refractivity contribution in [3.05, 3.63) is 54.4 Å². The number of ether oxygens (including phenoxy) is 1. The molecule has 5 rings (SSSR count). The Bertz CT molecular complexity index is 1270. The molecule has 2 bridgehead atoms. The molecular formula is C25H26F2N6O3. The van der Waals surface area contributed by atoms with E-state index >= 15 is 0 Å². The molecule has 0 aliphatic carbocycles. The first kappa shape index (κ1) is 23.9. The molecule has 2 N–H and O–H groups in total. The maximum Gasteiger partial charge on any atom is 0.329 e. The number of alkyl halides is 2. The highest BCUT2D eigenvalue weighted by atomic mass is 19.3. The predicted molar refractivity (Wildman–Crippen MR) is 131 cm³/mol. The van der Waals surface area contributed by atoms with Crippen LogP contribution >= 0.6 is 0 Å². The molecule has 2 aliphatic rings. The van der Waals surface area contributed by atoms with Crippen molar-refractivity contribution in [3.8, 4) is 17.1 Å². The predicted octanol–water partition coefficient (Wildman–Crippen LogP) is 4.04. The van der Waals surface area contributed by atoms with E-state index in [2.05, 4.69) is 25.2 Å². The molecule has 2 aliphatic heterocycles. The molecule has 9 nitrogen and oxygen atoms in total. The van der Waals surface area contributed by atoms with Crippen molar-refractivity contribution in [1.29, 1.82) is 0 Å². The maximum absolute atomic E-state index is 13.9. The third-order valence-corrected chi connectivity index (χ3v) is 6.23. The number of pyridine rings is 1. The molecule has 1 unspecified atom stereocenters. The Kier molecular flexibility index (Phi) is 6.40.